The minimum atomic E-state index is -1.63. The minimum Gasteiger partial charge on any atom is -0.273 e. The molecule has 5 aromatic rings. The Morgan fingerprint density at radius 1 is 0.420 bits per heavy atom. The van der Waals surface area contributed by atoms with Crippen LogP contribution < -0.4 is 19.6 Å². The summed E-state index contributed by atoms with van der Waals surface area (Å²) in [7, 11) is 0. The summed E-state index contributed by atoms with van der Waals surface area (Å²) >= 11 is 3.45. The number of anilines is 4. The van der Waals surface area contributed by atoms with Gasteiger partial charge < -0.3 is 0 Å². The Bertz CT molecular complexity index is 1860. The molecule has 0 unspecified atom stereocenters. The first kappa shape index (κ1) is 32.4. The van der Waals surface area contributed by atoms with Crippen molar-refractivity contribution in [1.82, 2.24) is 0 Å². The van der Waals surface area contributed by atoms with Crippen molar-refractivity contribution >= 4 is 74.2 Å². The average Bonchev–Trinajstić information content (AvgIpc) is 3.13. The molecular formula is C39H29BrN6O4. The van der Waals surface area contributed by atoms with Crippen LogP contribution in [0, 0.1) is 22.7 Å². The Hall–Kier alpha value is -6.20. The molecule has 0 atom stereocenters. The monoisotopic (exact) mass is 724 g/mol. The second kappa shape index (κ2) is 13.4. The molecule has 7 rings (SSSR count). The van der Waals surface area contributed by atoms with Crippen molar-refractivity contribution in [2.45, 2.75) is 5.92 Å². The van der Waals surface area contributed by atoms with Crippen molar-refractivity contribution in [2.75, 3.05) is 19.6 Å². The van der Waals surface area contributed by atoms with Gasteiger partial charge in [0.2, 0.25) is 35.5 Å². The van der Waals surface area contributed by atoms with Gasteiger partial charge in [-0.2, -0.15) is 0 Å². The Labute approximate surface area is 296 Å². The van der Waals surface area contributed by atoms with Crippen molar-refractivity contribution in [3.8, 4) is 0 Å². The van der Waals surface area contributed by atoms with Gasteiger partial charge in [0.15, 0.2) is 0 Å². The number of benzene rings is 5. The van der Waals surface area contributed by atoms with E-state index in [1.807, 2.05) is 0 Å². The van der Waals surface area contributed by atoms with Crippen LogP contribution in [-0.2, 0) is 19.2 Å². The third-order valence-electron chi connectivity index (χ3n) is 8.82. The van der Waals surface area contributed by atoms with Crippen LogP contribution in [0.4, 0.5) is 22.7 Å². The molecule has 0 aliphatic carbocycles. The number of guanidine groups is 2. The van der Waals surface area contributed by atoms with Crippen LogP contribution in [0.15, 0.2) is 150 Å². The van der Waals surface area contributed by atoms with Gasteiger partial charge in [-0.25, -0.2) is 19.6 Å². The second-order valence-electron chi connectivity index (χ2n) is 11.7. The van der Waals surface area contributed by atoms with Crippen LogP contribution in [0.1, 0.15) is 11.5 Å². The van der Waals surface area contributed by atoms with Crippen LogP contribution in [0.25, 0.3) is 0 Å². The van der Waals surface area contributed by atoms with E-state index >= 15 is 0 Å². The van der Waals surface area contributed by atoms with Crippen LogP contribution in [0.5, 0.6) is 0 Å². The Kier molecular flexibility index (Phi) is 8.65. The summed E-state index contributed by atoms with van der Waals surface area (Å²) in [6.07, 6.45) is 0. The van der Waals surface area contributed by atoms with Crippen LogP contribution in [-0.4, -0.2) is 35.5 Å². The molecular weight excluding hydrogens is 696 g/mol. The molecule has 0 saturated carbocycles. The Morgan fingerprint density at radius 3 is 0.940 bits per heavy atom. The third-order valence-corrected chi connectivity index (χ3v) is 9.35. The van der Waals surface area contributed by atoms with Crippen molar-refractivity contribution < 1.29 is 19.2 Å². The van der Waals surface area contributed by atoms with Gasteiger partial charge in [-0.3, -0.25) is 30.0 Å². The largest absolute Gasteiger partial charge is 0.273 e. The molecule has 0 radical (unpaired) electrons. The summed E-state index contributed by atoms with van der Waals surface area (Å²) in [6.45, 7) is 0. The van der Waals surface area contributed by atoms with E-state index in [9.17, 15) is 19.2 Å². The normalized spacial score (nSPS) is 18.9. The lowest BCUT2D eigenvalue weighted by atomic mass is 9.72. The van der Waals surface area contributed by atoms with E-state index < -0.39 is 41.4 Å². The number of rotatable bonds is 7. The number of halogens is 1. The molecule has 11 heteroatoms. The number of nitrogens with one attached hydrogen (secondary N) is 2. The molecule has 2 heterocycles. The first-order valence-corrected chi connectivity index (χ1v) is 16.6. The van der Waals surface area contributed by atoms with Crippen molar-refractivity contribution in [3.63, 3.8) is 0 Å². The number of nitrogens with zero attached hydrogens (tertiary/aromatic N) is 4. The molecule has 2 aliphatic rings. The highest BCUT2D eigenvalue weighted by molar-refractivity contribution is 9.10. The van der Waals surface area contributed by atoms with Gasteiger partial charge in [0, 0.05) is 10.4 Å². The maximum absolute atomic E-state index is 14.9. The molecule has 10 nitrogen and oxygen atoms in total. The summed E-state index contributed by atoms with van der Waals surface area (Å²) in [5.74, 6) is -8.42. The molecule has 2 fully saturated rings. The molecule has 0 bridgehead atoms. The SMILES string of the molecule is N=C1N(c2ccccc2)C(=O)C(C(c2ccc(Br)cc2)C2C(=O)N(c3ccccc3)C(=N)N(c3ccccc3)C2=O)C(=O)N1c1ccccc1. The van der Waals surface area contributed by atoms with E-state index in [4.69, 9.17) is 10.8 Å². The number of amides is 4. The van der Waals surface area contributed by atoms with Gasteiger partial charge in [-0.15, -0.1) is 0 Å². The van der Waals surface area contributed by atoms with Crippen LogP contribution in [0.3, 0.4) is 0 Å². The number of para-hydroxylation sites is 4. The predicted octanol–water partition coefficient (Wildman–Crippen LogP) is 6.79. The fraction of sp³-hybridized carbons (Fsp3) is 0.0769. The maximum atomic E-state index is 14.9. The molecule has 0 spiro atoms. The van der Waals surface area contributed by atoms with E-state index in [1.54, 1.807) is 146 Å². The topological polar surface area (TPSA) is 129 Å². The molecule has 5 aromatic carbocycles. The molecule has 246 valence electrons. The number of hydrogen-bond donors (Lipinski definition) is 2. The van der Waals surface area contributed by atoms with Gasteiger partial charge in [0.25, 0.3) is 0 Å². The van der Waals surface area contributed by atoms with E-state index in [-0.39, 0.29) is 11.9 Å². The summed E-state index contributed by atoms with van der Waals surface area (Å²) in [4.78, 5) is 64.0. The summed E-state index contributed by atoms with van der Waals surface area (Å²) in [5.41, 5.74) is 1.76. The fourth-order valence-corrected chi connectivity index (χ4v) is 6.83. The zero-order valence-electron chi connectivity index (χ0n) is 26.4. The van der Waals surface area contributed by atoms with E-state index in [2.05, 4.69) is 15.9 Å². The van der Waals surface area contributed by atoms with E-state index in [1.165, 1.54) is 0 Å². The minimum absolute atomic E-state index is 0.343. The smallest absolute Gasteiger partial charge is 0.247 e. The quantitative estimate of drug-likeness (QED) is 0.179. The van der Waals surface area contributed by atoms with Crippen LogP contribution in [0.2, 0.25) is 0 Å². The number of hydrogen-bond acceptors (Lipinski definition) is 6. The highest BCUT2D eigenvalue weighted by atomic mass is 79.9. The number of carbonyl (C=O) groups excluding carboxylic acids is 4. The highest BCUT2D eigenvalue weighted by Gasteiger charge is 2.57. The van der Waals surface area contributed by atoms with Gasteiger partial charge in [-0.1, -0.05) is 101 Å². The van der Waals surface area contributed by atoms with Gasteiger partial charge >= 0.3 is 0 Å². The maximum Gasteiger partial charge on any atom is 0.247 e. The van der Waals surface area contributed by atoms with Crippen molar-refractivity contribution in [3.05, 3.63) is 156 Å². The third kappa shape index (κ3) is 5.57. The lowest BCUT2D eigenvalue weighted by Gasteiger charge is -2.46. The van der Waals surface area contributed by atoms with Crippen molar-refractivity contribution in [1.29, 1.82) is 10.8 Å². The molecule has 4 amide bonds. The Morgan fingerprint density at radius 2 is 0.680 bits per heavy atom. The van der Waals surface area contributed by atoms with Gasteiger partial charge in [0.05, 0.1) is 22.7 Å². The van der Waals surface area contributed by atoms with E-state index in [0.29, 0.717) is 32.8 Å². The molecule has 2 aliphatic heterocycles. The first-order valence-electron chi connectivity index (χ1n) is 15.8. The molecule has 50 heavy (non-hydrogen) atoms. The van der Waals surface area contributed by atoms with Gasteiger partial charge in [0.1, 0.15) is 11.8 Å². The summed E-state index contributed by atoms with van der Waals surface area (Å²) < 4.78 is 0.708. The average molecular weight is 726 g/mol. The molecule has 0 aromatic heterocycles. The molecule has 2 N–H and O–H groups in total. The fourth-order valence-electron chi connectivity index (χ4n) is 6.57. The predicted molar refractivity (Wildman–Crippen MR) is 195 cm³/mol. The van der Waals surface area contributed by atoms with E-state index in [0.717, 1.165) is 19.6 Å². The lowest BCUT2D eigenvalue weighted by molar-refractivity contribution is -0.138. The highest BCUT2D eigenvalue weighted by Crippen LogP contribution is 2.44. The molecule has 2 saturated heterocycles. The first-order chi connectivity index (χ1) is 24.3. The lowest BCUT2D eigenvalue weighted by Crippen LogP contribution is -2.66. The van der Waals surface area contributed by atoms with Gasteiger partial charge in [-0.05, 0) is 66.2 Å². The van der Waals surface area contributed by atoms with Crippen molar-refractivity contribution in [2.24, 2.45) is 11.8 Å². The van der Waals surface area contributed by atoms with Crippen LogP contribution >= 0.6 is 15.9 Å². The second-order valence-corrected chi connectivity index (χ2v) is 12.6. The standard InChI is InChI=1S/C39H29BrN6O4/c40-26-23-21-25(22-24-26)31(32-34(47)43(27-13-5-1-6-14-27)38(41)44(35(32)48)28-15-7-2-8-16-28)33-36(49)45(29-17-9-3-10-18-29)39(42)46(37(33)50)30-19-11-4-12-20-30/h1-24,31-33,41-42H. The summed E-state index contributed by atoms with van der Waals surface area (Å²) in [6, 6.07) is 40.9. The zero-order valence-corrected chi connectivity index (χ0v) is 28.0. The summed E-state index contributed by atoms with van der Waals surface area (Å²) in [5, 5.41) is 18.3. The zero-order chi connectivity index (χ0) is 34.9. The Balaban J connectivity index is 1.47. The number of carbonyl (C=O) groups is 4.